The first-order valence-corrected chi connectivity index (χ1v) is 11.3. The average molecular weight is 440 g/mol. The second-order valence-electron chi connectivity index (χ2n) is 8.41. The monoisotopic (exact) mass is 439 g/mol. The van der Waals surface area contributed by atoms with Gasteiger partial charge in [-0.1, -0.05) is 60.0 Å². The Labute approximate surface area is 185 Å². The Kier molecular flexibility index (Phi) is 7.48. The molecule has 0 aliphatic heterocycles. The molecular weight excluding hydrogens is 410 g/mol. The van der Waals surface area contributed by atoms with Gasteiger partial charge in [0, 0.05) is 0 Å². The van der Waals surface area contributed by atoms with Crippen molar-refractivity contribution in [2.75, 3.05) is 6.54 Å². The van der Waals surface area contributed by atoms with Crippen LogP contribution in [0.1, 0.15) is 43.5 Å². The zero-order chi connectivity index (χ0) is 23.4. The molecule has 6 heteroatoms. The van der Waals surface area contributed by atoms with E-state index in [0.717, 1.165) is 15.4 Å². The molecule has 0 heterocycles. The first kappa shape index (κ1) is 24.4. The fourth-order valence-electron chi connectivity index (χ4n) is 3.09. The lowest BCUT2D eigenvalue weighted by Gasteiger charge is -2.32. The molecule has 0 amide bonds. The van der Waals surface area contributed by atoms with Crippen molar-refractivity contribution in [2.45, 2.75) is 51.2 Å². The number of hydrogen-bond acceptors (Lipinski definition) is 4. The molecule has 2 aromatic carbocycles. The van der Waals surface area contributed by atoms with Crippen molar-refractivity contribution in [3.8, 4) is 12.3 Å². The summed E-state index contributed by atoms with van der Waals surface area (Å²) in [6.45, 7) is 12.7. The molecule has 0 N–H and O–H groups in total. The predicted molar refractivity (Wildman–Crippen MR) is 123 cm³/mol. The van der Waals surface area contributed by atoms with E-state index in [1.807, 2.05) is 26.0 Å². The highest BCUT2D eigenvalue weighted by atomic mass is 32.2. The van der Waals surface area contributed by atoms with Crippen LogP contribution >= 0.6 is 0 Å². The highest BCUT2D eigenvalue weighted by molar-refractivity contribution is 7.89. The molecule has 0 spiro atoms. The lowest BCUT2D eigenvalue weighted by Crippen LogP contribution is -2.39. The van der Waals surface area contributed by atoms with Crippen LogP contribution in [0.5, 0.6) is 0 Å². The van der Waals surface area contributed by atoms with Gasteiger partial charge in [0.15, 0.2) is 0 Å². The summed E-state index contributed by atoms with van der Waals surface area (Å²) in [5, 5.41) is 0. The first-order chi connectivity index (χ1) is 14.4. The highest BCUT2D eigenvalue weighted by Crippen LogP contribution is 2.34. The van der Waals surface area contributed by atoms with Crippen LogP contribution in [0.25, 0.3) is 0 Å². The standard InChI is InChI=1S/C25H29NO4S/c1-8-16-26(31(28,29)22-14-12-18(2)13-15-22)23(21-11-9-10-19(3)17-21)20(4)24(27)30-25(5,6)7/h1,9-15,17,23H,4,16H2,2-3,5-7H3. The van der Waals surface area contributed by atoms with Crippen molar-refractivity contribution in [3.63, 3.8) is 0 Å². The van der Waals surface area contributed by atoms with E-state index in [0.29, 0.717) is 5.56 Å². The molecule has 1 atom stereocenters. The van der Waals surface area contributed by atoms with Crippen LogP contribution in [-0.2, 0) is 19.6 Å². The maximum absolute atomic E-state index is 13.6. The number of hydrogen-bond donors (Lipinski definition) is 0. The average Bonchev–Trinajstić information content (AvgIpc) is 2.66. The maximum atomic E-state index is 13.6. The summed E-state index contributed by atoms with van der Waals surface area (Å²) in [5.41, 5.74) is 1.65. The van der Waals surface area contributed by atoms with E-state index in [1.54, 1.807) is 45.0 Å². The van der Waals surface area contributed by atoms with Gasteiger partial charge in [-0.3, -0.25) is 0 Å². The number of benzene rings is 2. The number of ether oxygens (including phenoxy) is 1. The summed E-state index contributed by atoms with van der Waals surface area (Å²) in [5.74, 6) is 1.74. The van der Waals surface area contributed by atoms with Gasteiger partial charge >= 0.3 is 5.97 Å². The van der Waals surface area contributed by atoms with Crippen molar-refractivity contribution >= 4 is 16.0 Å². The SMILES string of the molecule is C#CCN(C(C(=C)C(=O)OC(C)(C)C)c1cccc(C)c1)S(=O)(=O)c1ccc(C)cc1. The van der Waals surface area contributed by atoms with Gasteiger partial charge in [0.05, 0.1) is 23.1 Å². The molecule has 0 radical (unpaired) electrons. The number of carbonyl (C=O) groups excluding carboxylic acids is 1. The normalized spacial score (nSPS) is 12.8. The summed E-state index contributed by atoms with van der Waals surface area (Å²) in [6.07, 6.45) is 5.55. The van der Waals surface area contributed by atoms with Gasteiger partial charge in [0.25, 0.3) is 0 Å². The Morgan fingerprint density at radius 3 is 2.26 bits per heavy atom. The van der Waals surface area contributed by atoms with Crippen molar-refractivity contribution in [1.29, 1.82) is 0 Å². The van der Waals surface area contributed by atoms with Gasteiger partial charge in [0.1, 0.15) is 5.60 Å². The van der Waals surface area contributed by atoms with E-state index in [4.69, 9.17) is 11.2 Å². The first-order valence-electron chi connectivity index (χ1n) is 9.87. The van der Waals surface area contributed by atoms with Crippen molar-refractivity contribution < 1.29 is 17.9 Å². The molecule has 1 unspecified atom stereocenters. The fraction of sp³-hybridized carbons (Fsp3) is 0.320. The molecule has 0 fully saturated rings. The van der Waals surface area contributed by atoms with Crippen LogP contribution in [0.4, 0.5) is 0 Å². The summed E-state index contributed by atoms with van der Waals surface area (Å²) in [6, 6.07) is 12.7. The molecule has 0 saturated heterocycles. The smallest absolute Gasteiger partial charge is 0.335 e. The Hall–Kier alpha value is -2.88. The Balaban J connectivity index is 2.65. The van der Waals surface area contributed by atoms with Crippen molar-refractivity contribution in [1.82, 2.24) is 4.31 Å². The molecule has 5 nitrogen and oxygen atoms in total. The van der Waals surface area contributed by atoms with Crippen molar-refractivity contribution in [3.05, 3.63) is 77.4 Å². The third-order valence-corrected chi connectivity index (χ3v) is 6.34. The van der Waals surface area contributed by atoms with Crippen molar-refractivity contribution in [2.24, 2.45) is 0 Å². The van der Waals surface area contributed by atoms with Gasteiger partial charge in [-0.25, -0.2) is 13.2 Å². The molecule has 0 aliphatic carbocycles. The summed E-state index contributed by atoms with van der Waals surface area (Å²) < 4.78 is 33.8. The number of aryl methyl sites for hydroxylation is 2. The van der Waals surface area contributed by atoms with Crippen LogP contribution < -0.4 is 0 Å². The lowest BCUT2D eigenvalue weighted by molar-refractivity contribution is -0.150. The Bertz CT molecular complexity index is 1100. The van der Waals surface area contributed by atoms with E-state index in [1.165, 1.54) is 12.1 Å². The predicted octanol–water partition coefficient (Wildman–Crippen LogP) is 4.57. The number of sulfonamides is 1. The minimum Gasteiger partial charge on any atom is -0.457 e. The van der Waals surface area contributed by atoms with Gasteiger partial charge < -0.3 is 4.74 Å². The molecule has 2 aromatic rings. The van der Waals surface area contributed by atoms with Crippen LogP contribution in [0, 0.1) is 26.2 Å². The third-order valence-electron chi connectivity index (χ3n) is 4.51. The molecule has 2 rings (SSSR count). The Morgan fingerprint density at radius 2 is 1.74 bits per heavy atom. The second kappa shape index (κ2) is 9.51. The largest absolute Gasteiger partial charge is 0.457 e. The Morgan fingerprint density at radius 1 is 1.13 bits per heavy atom. The minimum atomic E-state index is -4.04. The zero-order valence-corrected chi connectivity index (χ0v) is 19.5. The minimum absolute atomic E-state index is 0.00791. The number of rotatable bonds is 7. The summed E-state index contributed by atoms with van der Waals surface area (Å²) >= 11 is 0. The van der Waals surface area contributed by atoms with Crippen LogP contribution in [0.15, 0.2) is 65.6 Å². The van der Waals surface area contributed by atoms with E-state index in [2.05, 4.69) is 12.5 Å². The van der Waals surface area contributed by atoms with E-state index >= 15 is 0 Å². The quantitative estimate of drug-likeness (QED) is 0.360. The topological polar surface area (TPSA) is 63.7 Å². The molecule has 164 valence electrons. The van der Waals surface area contributed by atoms with Gasteiger partial charge in [-0.2, -0.15) is 4.31 Å². The molecule has 0 bridgehead atoms. The van der Waals surface area contributed by atoms with Crippen LogP contribution in [0.3, 0.4) is 0 Å². The molecule has 31 heavy (non-hydrogen) atoms. The molecule has 0 saturated carbocycles. The van der Waals surface area contributed by atoms with Crippen LogP contribution in [0.2, 0.25) is 0 Å². The number of esters is 1. The summed E-state index contributed by atoms with van der Waals surface area (Å²) in [7, 11) is -4.04. The highest BCUT2D eigenvalue weighted by Gasteiger charge is 2.37. The van der Waals surface area contributed by atoms with E-state index in [9.17, 15) is 13.2 Å². The number of terminal acetylenes is 1. The zero-order valence-electron chi connectivity index (χ0n) is 18.7. The molecule has 0 aliphatic rings. The molecule has 0 aromatic heterocycles. The van der Waals surface area contributed by atoms with Crippen LogP contribution in [-0.4, -0.2) is 30.8 Å². The van der Waals surface area contributed by atoms with Gasteiger partial charge in [-0.05, 0) is 52.3 Å². The summed E-state index contributed by atoms with van der Waals surface area (Å²) in [4.78, 5) is 13.0. The third kappa shape index (κ3) is 6.06. The maximum Gasteiger partial charge on any atom is 0.335 e. The number of nitrogens with zero attached hydrogens (tertiary/aromatic N) is 1. The second-order valence-corrected chi connectivity index (χ2v) is 10.3. The fourth-order valence-corrected chi connectivity index (χ4v) is 4.61. The number of carbonyl (C=O) groups is 1. The lowest BCUT2D eigenvalue weighted by atomic mass is 9.98. The van der Waals surface area contributed by atoms with Gasteiger partial charge in [0.2, 0.25) is 10.0 Å². The van der Waals surface area contributed by atoms with E-state index < -0.39 is 27.6 Å². The molecular formula is C25H29NO4S. The van der Waals surface area contributed by atoms with Gasteiger partial charge in [-0.15, -0.1) is 6.42 Å². The van der Waals surface area contributed by atoms with E-state index in [-0.39, 0.29) is 17.0 Å².